The van der Waals surface area contributed by atoms with Crippen LogP contribution in [0.5, 0.6) is 0 Å². The van der Waals surface area contributed by atoms with Crippen LogP contribution in [0.3, 0.4) is 0 Å². The maximum Gasteiger partial charge on any atom is 0.410 e. The van der Waals surface area contributed by atoms with Crippen molar-refractivity contribution >= 4 is 17.6 Å². The zero-order valence-corrected chi connectivity index (χ0v) is 17.6. The molecular weight excluding hydrogens is 401 g/mol. The molecule has 0 saturated carbocycles. The lowest BCUT2D eigenvalue weighted by Gasteiger charge is -2.38. The first-order chi connectivity index (χ1) is 14.0. The van der Waals surface area contributed by atoms with Gasteiger partial charge in [-0.1, -0.05) is 0 Å². The normalized spacial score (nSPS) is 19.0. The van der Waals surface area contributed by atoms with Crippen molar-refractivity contribution in [2.24, 2.45) is 7.05 Å². The molecule has 164 valence electrons. The summed E-state index contributed by atoms with van der Waals surface area (Å²) >= 11 is 0. The maximum atomic E-state index is 13.5. The Morgan fingerprint density at radius 2 is 1.83 bits per heavy atom. The molecule has 0 spiro atoms. The van der Waals surface area contributed by atoms with Gasteiger partial charge in [0, 0.05) is 38.3 Å². The van der Waals surface area contributed by atoms with Gasteiger partial charge < -0.3 is 4.90 Å². The van der Waals surface area contributed by atoms with E-state index in [-0.39, 0.29) is 29.5 Å². The minimum atomic E-state index is -4.48. The molecule has 0 aromatic carbocycles. The fourth-order valence-corrected chi connectivity index (χ4v) is 3.81. The molecule has 2 amide bonds. The van der Waals surface area contributed by atoms with Crippen molar-refractivity contribution in [3.05, 3.63) is 29.2 Å². The molecule has 0 bridgehead atoms. The summed E-state index contributed by atoms with van der Waals surface area (Å²) in [5, 5.41) is 8.14. The van der Waals surface area contributed by atoms with Gasteiger partial charge in [-0.05, 0) is 34.1 Å². The van der Waals surface area contributed by atoms with Crippen LogP contribution < -0.4 is 4.90 Å². The third-order valence-electron chi connectivity index (χ3n) is 5.35. The number of rotatable bonds is 4. The molecule has 0 radical (unpaired) electrons. The number of aromatic nitrogens is 4. The number of alkyl halides is 3. The van der Waals surface area contributed by atoms with Crippen molar-refractivity contribution in [3.63, 3.8) is 0 Å². The smallest absolute Gasteiger partial charge is 0.338 e. The second-order valence-electron chi connectivity index (χ2n) is 7.42. The SMILES string of the molecule is CCN(CC)C(=O)c1cc(C(=O)N2c3cc(C)nn3[C@@H](C(F)(F)F)C[C@H]2C)n(C)n1. The fourth-order valence-electron chi connectivity index (χ4n) is 3.81. The number of nitrogens with zero attached hydrogens (tertiary/aromatic N) is 6. The molecule has 1 aliphatic heterocycles. The van der Waals surface area contributed by atoms with Crippen LogP contribution in [0.1, 0.15) is 59.9 Å². The first-order valence-electron chi connectivity index (χ1n) is 9.79. The molecule has 0 fully saturated rings. The molecule has 2 aromatic heterocycles. The summed E-state index contributed by atoms with van der Waals surface area (Å²) in [4.78, 5) is 28.8. The summed E-state index contributed by atoms with van der Waals surface area (Å²) in [7, 11) is 1.53. The third kappa shape index (κ3) is 3.68. The van der Waals surface area contributed by atoms with E-state index >= 15 is 0 Å². The Kier molecular flexibility index (Phi) is 5.66. The van der Waals surface area contributed by atoms with E-state index in [4.69, 9.17) is 0 Å². The number of carbonyl (C=O) groups excluding carboxylic acids is 2. The van der Waals surface area contributed by atoms with Crippen molar-refractivity contribution in [1.29, 1.82) is 0 Å². The maximum absolute atomic E-state index is 13.5. The van der Waals surface area contributed by atoms with Crippen molar-refractivity contribution in [2.75, 3.05) is 18.0 Å². The summed E-state index contributed by atoms with van der Waals surface area (Å²) in [6, 6.07) is 0.333. The molecule has 11 heteroatoms. The molecular formula is C19H25F3N6O2. The number of aryl methyl sites for hydroxylation is 2. The van der Waals surface area contributed by atoms with Gasteiger partial charge in [0.05, 0.1) is 5.69 Å². The molecule has 2 atom stereocenters. The molecule has 30 heavy (non-hydrogen) atoms. The molecule has 0 saturated heterocycles. The highest BCUT2D eigenvalue weighted by molar-refractivity contribution is 6.06. The van der Waals surface area contributed by atoms with Gasteiger partial charge in [0.2, 0.25) is 0 Å². The van der Waals surface area contributed by atoms with Crippen LogP contribution in [0, 0.1) is 6.92 Å². The Morgan fingerprint density at radius 1 is 1.20 bits per heavy atom. The van der Waals surface area contributed by atoms with Crippen LogP contribution in [-0.2, 0) is 7.05 Å². The van der Waals surface area contributed by atoms with Crippen LogP contribution in [0.15, 0.2) is 12.1 Å². The van der Waals surface area contributed by atoms with Gasteiger partial charge in [-0.2, -0.15) is 23.4 Å². The van der Waals surface area contributed by atoms with Gasteiger partial charge >= 0.3 is 6.18 Å². The first kappa shape index (κ1) is 21.8. The standard InChI is InChI=1S/C19H25F3N6O2/c1-6-26(7-2)17(29)13-10-14(25(5)24-13)18(30)27-12(4)9-15(19(20,21)22)28-16(27)8-11(3)23-28/h8,10,12,15H,6-7,9H2,1-5H3/t12-,15-/m1/s1. The van der Waals surface area contributed by atoms with Crippen molar-refractivity contribution < 1.29 is 22.8 Å². The molecule has 3 heterocycles. The number of amides is 2. The summed E-state index contributed by atoms with van der Waals surface area (Å²) in [6.45, 7) is 7.82. The van der Waals surface area contributed by atoms with Gasteiger partial charge in [-0.15, -0.1) is 0 Å². The quantitative estimate of drug-likeness (QED) is 0.753. The first-order valence-corrected chi connectivity index (χ1v) is 9.79. The highest BCUT2D eigenvalue weighted by Crippen LogP contribution is 2.42. The van der Waals surface area contributed by atoms with E-state index in [0.29, 0.717) is 18.8 Å². The number of halogens is 3. The summed E-state index contributed by atoms with van der Waals surface area (Å²) in [5.41, 5.74) is 0.619. The van der Waals surface area contributed by atoms with E-state index in [1.54, 1.807) is 18.7 Å². The number of hydrogen-bond donors (Lipinski definition) is 0. The van der Waals surface area contributed by atoms with Crippen molar-refractivity contribution in [1.82, 2.24) is 24.5 Å². The molecule has 3 rings (SSSR count). The Morgan fingerprint density at radius 3 is 2.40 bits per heavy atom. The predicted octanol–water partition coefficient (Wildman–Crippen LogP) is 2.95. The average molecular weight is 426 g/mol. The number of fused-ring (bicyclic) bond motifs is 1. The Bertz CT molecular complexity index is 960. The largest absolute Gasteiger partial charge is 0.410 e. The van der Waals surface area contributed by atoms with Crippen LogP contribution in [0.25, 0.3) is 0 Å². The van der Waals surface area contributed by atoms with E-state index in [2.05, 4.69) is 10.2 Å². The van der Waals surface area contributed by atoms with Crippen LogP contribution in [-0.4, -0.2) is 61.6 Å². The zero-order valence-electron chi connectivity index (χ0n) is 17.6. The lowest BCUT2D eigenvalue weighted by Crippen LogP contribution is -2.48. The second kappa shape index (κ2) is 7.77. The molecule has 0 N–H and O–H groups in total. The second-order valence-corrected chi connectivity index (χ2v) is 7.42. The van der Waals surface area contributed by atoms with Crippen LogP contribution in [0.4, 0.5) is 19.0 Å². The van der Waals surface area contributed by atoms with E-state index in [1.807, 2.05) is 13.8 Å². The molecule has 2 aromatic rings. The lowest BCUT2D eigenvalue weighted by molar-refractivity contribution is -0.174. The Hall–Kier alpha value is -2.85. The minimum Gasteiger partial charge on any atom is -0.338 e. The number of carbonyl (C=O) groups is 2. The molecule has 1 aliphatic rings. The van der Waals surface area contributed by atoms with E-state index in [9.17, 15) is 22.8 Å². The Balaban J connectivity index is 2.00. The molecule has 0 aliphatic carbocycles. The van der Waals surface area contributed by atoms with Gasteiger partial charge in [-0.3, -0.25) is 19.2 Å². The zero-order chi connectivity index (χ0) is 22.4. The van der Waals surface area contributed by atoms with Gasteiger partial charge in [0.25, 0.3) is 11.8 Å². The van der Waals surface area contributed by atoms with Gasteiger partial charge in [0.15, 0.2) is 11.7 Å². The highest BCUT2D eigenvalue weighted by Gasteiger charge is 2.48. The average Bonchev–Trinajstić information content (AvgIpc) is 3.23. The lowest BCUT2D eigenvalue weighted by atomic mass is 10.0. The molecule has 8 nitrogen and oxygen atoms in total. The van der Waals surface area contributed by atoms with E-state index in [1.165, 1.54) is 28.8 Å². The predicted molar refractivity (Wildman–Crippen MR) is 103 cm³/mol. The van der Waals surface area contributed by atoms with Crippen LogP contribution >= 0.6 is 0 Å². The topological polar surface area (TPSA) is 76.3 Å². The van der Waals surface area contributed by atoms with E-state index in [0.717, 1.165) is 4.68 Å². The monoisotopic (exact) mass is 426 g/mol. The van der Waals surface area contributed by atoms with Gasteiger partial charge in [0.1, 0.15) is 11.5 Å². The molecule has 0 unspecified atom stereocenters. The van der Waals surface area contributed by atoms with Crippen molar-refractivity contribution in [2.45, 2.75) is 52.4 Å². The summed E-state index contributed by atoms with van der Waals surface area (Å²) < 4.78 is 42.8. The van der Waals surface area contributed by atoms with Crippen LogP contribution in [0.2, 0.25) is 0 Å². The number of hydrogen-bond acceptors (Lipinski definition) is 4. The third-order valence-corrected chi connectivity index (χ3v) is 5.35. The van der Waals surface area contributed by atoms with E-state index < -0.39 is 24.2 Å². The highest BCUT2D eigenvalue weighted by atomic mass is 19.4. The number of anilines is 1. The fraction of sp³-hybridized carbons (Fsp3) is 0.579. The van der Waals surface area contributed by atoms with Gasteiger partial charge in [-0.25, -0.2) is 4.68 Å². The van der Waals surface area contributed by atoms with Crippen molar-refractivity contribution in [3.8, 4) is 0 Å². The summed E-state index contributed by atoms with van der Waals surface area (Å²) in [6.07, 6.45) is -4.79. The minimum absolute atomic E-state index is 0.0800. The Labute approximate surface area is 172 Å². The summed E-state index contributed by atoms with van der Waals surface area (Å²) in [5.74, 6) is -0.756.